The van der Waals surface area contributed by atoms with Gasteiger partial charge in [-0.05, 0) is 19.1 Å². The second kappa shape index (κ2) is 4.45. The molecule has 0 aromatic heterocycles. The summed E-state index contributed by atoms with van der Waals surface area (Å²) in [6.07, 6.45) is 0.377. The van der Waals surface area contributed by atoms with Gasteiger partial charge in [0.1, 0.15) is 0 Å². The number of nitrogens with one attached hydrogen (secondary N) is 1. The SMILES string of the molecule is CCN1CCC(=O)Nc2c(C(=O)O)cccc21. The molecule has 1 amide bonds. The van der Waals surface area contributed by atoms with Gasteiger partial charge in [-0.2, -0.15) is 0 Å². The molecule has 0 atom stereocenters. The van der Waals surface area contributed by atoms with Crippen molar-refractivity contribution in [2.75, 3.05) is 23.3 Å². The van der Waals surface area contributed by atoms with Gasteiger partial charge in [0.05, 0.1) is 16.9 Å². The van der Waals surface area contributed by atoms with Crippen LogP contribution in [0.1, 0.15) is 23.7 Å². The Kier molecular flexibility index (Phi) is 2.99. The molecule has 0 radical (unpaired) electrons. The van der Waals surface area contributed by atoms with E-state index in [0.29, 0.717) is 18.7 Å². The molecule has 5 nitrogen and oxygen atoms in total. The summed E-state index contributed by atoms with van der Waals surface area (Å²) in [4.78, 5) is 24.7. The number of nitrogens with zero attached hydrogens (tertiary/aromatic N) is 1. The van der Waals surface area contributed by atoms with Crippen LogP contribution in [0, 0.1) is 0 Å². The highest BCUT2D eigenvalue weighted by atomic mass is 16.4. The monoisotopic (exact) mass is 234 g/mol. The van der Waals surface area contributed by atoms with E-state index in [-0.39, 0.29) is 11.5 Å². The lowest BCUT2D eigenvalue weighted by Gasteiger charge is -2.22. The number of carbonyl (C=O) groups is 2. The third-order valence-corrected chi connectivity index (χ3v) is 2.87. The van der Waals surface area contributed by atoms with Crippen molar-refractivity contribution in [2.24, 2.45) is 0 Å². The second-order valence-electron chi connectivity index (χ2n) is 3.88. The Morgan fingerprint density at radius 2 is 2.29 bits per heavy atom. The average Bonchev–Trinajstić information content (AvgIpc) is 2.46. The minimum absolute atomic E-state index is 0.135. The molecule has 1 aromatic rings. The summed E-state index contributed by atoms with van der Waals surface area (Å²) in [5, 5.41) is 11.8. The van der Waals surface area contributed by atoms with Crippen LogP contribution in [0.3, 0.4) is 0 Å². The fourth-order valence-electron chi connectivity index (χ4n) is 2.00. The van der Waals surface area contributed by atoms with Gasteiger partial charge in [0.2, 0.25) is 5.91 Å². The van der Waals surface area contributed by atoms with E-state index in [1.165, 1.54) is 6.07 Å². The van der Waals surface area contributed by atoms with Crippen molar-refractivity contribution in [3.63, 3.8) is 0 Å². The molecule has 90 valence electrons. The second-order valence-corrected chi connectivity index (χ2v) is 3.88. The van der Waals surface area contributed by atoms with Crippen LogP contribution in [-0.2, 0) is 4.79 Å². The molecule has 5 heteroatoms. The van der Waals surface area contributed by atoms with Crippen LogP contribution in [0.15, 0.2) is 18.2 Å². The van der Waals surface area contributed by atoms with Gasteiger partial charge in [-0.1, -0.05) is 6.07 Å². The van der Waals surface area contributed by atoms with Crippen LogP contribution in [-0.4, -0.2) is 30.1 Å². The molecule has 0 bridgehead atoms. The number of carbonyl (C=O) groups excluding carboxylic acids is 1. The van der Waals surface area contributed by atoms with Crippen LogP contribution in [0.5, 0.6) is 0 Å². The summed E-state index contributed by atoms with van der Waals surface area (Å²) in [5.41, 5.74) is 1.32. The molecule has 0 saturated carbocycles. The number of aromatic carboxylic acids is 1. The number of amides is 1. The van der Waals surface area contributed by atoms with E-state index >= 15 is 0 Å². The number of carboxylic acid groups (broad SMARTS) is 1. The molecule has 17 heavy (non-hydrogen) atoms. The zero-order chi connectivity index (χ0) is 12.4. The summed E-state index contributed by atoms with van der Waals surface area (Å²) in [7, 11) is 0. The van der Waals surface area contributed by atoms with Crippen molar-refractivity contribution >= 4 is 23.3 Å². The lowest BCUT2D eigenvalue weighted by Crippen LogP contribution is -2.23. The fraction of sp³-hybridized carbons (Fsp3) is 0.333. The van der Waals surface area contributed by atoms with Crippen LogP contribution >= 0.6 is 0 Å². The molecule has 0 fully saturated rings. The van der Waals surface area contributed by atoms with E-state index in [1.54, 1.807) is 6.07 Å². The molecular weight excluding hydrogens is 220 g/mol. The summed E-state index contributed by atoms with van der Waals surface area (Å²) >= 11 is 0. The Hall–Kier alpha value is -2.04. The molecular formula is C12H14N2O3. The Bertz CT molecular complexity index is 471. The maximum Gasteiger partial charge on any atom is 0.337 e. The maximum atomic E-state index is 11.6. The Labute approximate surface area is 99.0 Å². The van der Waals surface area contributed by atoms with E-state index < -0.39 is 5.97 Å². The van der Waals surface area contributed by atoms with Gasteiger partial charge in [-0.3, -0.25) is 4.79 Å². The third kappa shape index (κ3) is 2.08. The van der Waals surface area contributed by atoms with Gasteiger partial charge < -0.3 is 15.3 Å². The number of carboxylic acids is 1. The van der Waals surface area contributed by atoms with Crippen molar-refractivity contribution in [3.8, 4) is 0 Å². The van der Waals surface area contributed by atoms with E-state index in [1.807, 2.05) is 17.9 Å². The zero-order valence-electron chi connectivity index (χ0n) is 9.56. The molecule has 2 N–H and O–H groups in total. The lowest BCUT2D eigenvalue weighted by molar-refractivity contribution is -0.115. The van der Waals surface area contributed by atoms with E-state index in [2.05, 4.69) is 5.32 Å². The van der Waals surface area contributed by atoms with Gasteiger partial charge >= 0.3 is 5.97 Å². The number of hydrogen-bond donors (Lipinski definition) is 2. The molecule has 1 aromatic carbocycles. The van der Waals surface area contributed by atoms with Gasteiger partial charge in [-0.25, -0.2) is 4.79 Å². The van der Waals surface area contributed by atoms with Gasteiger partial charge in [0.15, 0.2) is 0 Å². The van der Waals surface area contributed by atoms with E-state index in [9.17, 15) is 9.59 Å². The minimum atomic E-state index is -1.03. The molecule has 0 spiro atoms. The van der Waals surface area contributed by atoms with Crippen LogP contribution in [0.25, 0.3) is 0 Å². The Balaban J connectivity index is 2.57. The molecule has 0 saturated heterocycles. The molecule has 0 unspecified atom stereocenters. The lowest BCUT2D eigenvalue weighted by atomic mass is 10.1. The van der Waals surface area contributed by atoms with Crippen molar-refractivity contribution in [1.82, 2.24) is 0 Å². The first-order chi connectivity index (χ1) is 8.13. The first-order valence-electron chi connectivity index (χ1n) is 5.54. The van der Waals surface area contributed by atoms with E-state index in [0.717, 1.165) is 12.2 Å². The first kappa shape index (κ1) is 11.4. The molecule has 1 aliphatic rings. The van der Waals surface area contributed by atoms with Crippen LogP contribution in [0.2, 0.25) is 0 Å². The largest absolute Gasteiger partial charge is 0.478 e. The minimum Gasteiger partial charge on any atom is -0.478 e. The standard InChI is InChI=1S/C12H14N2O3/c1-2-14-7-6-10(15)13-11-8(12(16)17)4-3-5-9(11)14/h3-5H,2,6-7H2,1H3,(H,13,15)(H,16,17). The Morgan fingerprint density at radius 1 is 1.53 bits per heavy atom. The van der Waals surface area contributed by atoms with Crippen molar-refractivity contribution in [3.05, 3.63) is 23.8 Å². The number of benzene rings is 1. The highest BCUT2D eigenvalue weighted by molar-refractivity contribution is 6.05. The predicted octanol–water partition coefficient (Wildman–Crippen LogP) is 1.55. The quantitative estimate of drug-likeness (QED) is 0.814. The molecule has 2 rings (SSSR count). The van der Waals surface area contributed by atoms with Gasteiger partial charge in [-0.15, -0.1) is 0 Å². The van der Waals surface area contributed by atoms with Gasteiger partial charge in [0, 0.05) is 19.5 Å². The van der Waals surface area contributed by atoms with Gasteiger partial charge in [0.25, 0.3) is 0 Å². The zero-order valence-corrected chi connectivity index (χ0v) is 9.56. The summed E-state index contributed by atoms with van der Waals surface area (Å²) in [6.45, 7) is 3.33. The Morgan fingerprint density at radius 3 is 2.94 bits per heavy atom. The topological polar surface area (TPSA) is 69.6 Å². The smallest absolute Gasteiger partial charge is 0.337 e. The summed E-state index contributed by atoms with van der Waals surface area (Å²) < 4.78 is 0. The third-order valence-electron chi connectivity index (χ3n) is 2.87. The maximum absolute atomic E-state index is 11.6. The molecule has 0 aliphatic carbocycles. The predicted molar refractivity (Wildman–Crippen MR) is 64.5 cm³/mol. The number of anilines is 2. The molecule has 1 aliphatic heterocycles. The van der Waals surface area contributed by atoms with Crippen molar-refractivity contribution in [1.29, 1.82) is 0 Å². The average molecular weight is 234 g/mol. The normalized spacial score (nSPS) is 14.9. The number of para-hydroxylation sites is 1. The highest BCUT2D eigenvalue weighted by Crippen LogP contribution is 2.31. The van der Waals surface area contributed by atoms with Crippen LogP contribution in [0.4, 0.5) is 11.4 Å². The summed E-state index contributed by atoms with van der Waals surface area (Å²) in [5.74, 6) is -1.17. The number of fused-ring (bicyclic) bond motifs is 1. The van der Waals surface area contributed by atoms with Crippen LogP contribution < -0.4 is 10.2 Å². The fourth-order valence-corrected chi connectivity index (χ4v) is 2.00. The number of hydrogen-bond acceptors (Lipinski definition) is 3. The first-order valence-corrected chi connectivity index (χ1v) is 5.54. The van der Waals surface area contributed by atoms with Crippen molar-refractivity contribution < 1.29 is 14.7 Å². The van der Waals surface area contributed by atoms with E-state index in [4.69, 9.17) is 5.11 Å². The summed E-state index contributed by atoms with van der Waals surface area (Å²) in [6, 6.07) is 5.03. The van der Waals surface area contributed by atoms with Crippen molar-refractivity contribution in [2.45, 2.75) is 13.3 Å². The number of rotatable bonds is 2. The highest BCUT2D eigenvalue weighted by Gasteiger charge is 2.22. The molecule has 1 heterocycles.